The standard InChI is InChI=1S/C22H14ClN3/c23-17-11-12-19-18(13-17)22-25-20(15-7-3-1-4-8-15)21(26(22)14-24-19)16-9-5-2-6-10-16/h1-14H. The van der Waals surface area contributed by atoms with Gasteiger partial charge in [0, 0.05) is 21.5 Å². The minimum Gasteiger partial charge on any atom is -0.282 e. The quantitative estimate of drug-likeness (QED) is 0.396. The van der Waals surface area contributed by atoms with E-state index in [1.165, 1.54) is 0 Å². The second kappa shape index (κ2) is 5.97. The van der Waals surface area contributed by atoms with Crippen molar-refractivity contribution in [3.05, 3.63) is 90.2 Å². The molecule has 0 radical (unpaired) electrons. The summed E-state index contributed by atoms with van der Waals surface area (Å²) in [5.74, 6) is 0. The van der Waals surface area contributed by atoms with E-state index in [0.717, 1.165) is 39.1 Å². The molecule has 124 valence electrons. The lowest BCUT2D eigenvalue weighted by Crippen LogP contribution is -1.92. The predicted octanol–water partition coefficient (Wildman–Crippen LogP) is 5.87. The Morgan fingerprint density at radius 2 is 1.46 bits per heavy atom. The van der Waals surface area contributed by atoms with Gasteiger partial charge in [0.2, 0.25) is 0 Å². The van der Waals surface area contributed by atoms with Crippen molar-refractivity contribution in [3.63, 3.8) is 0 Å². The first-order valence-electron chi connectivity index (χ1n) is 8.38. The summed E-state index contributed by atoms with van der Waals surface area (Å²) in [7, 11) is 0. The molecule has 0 fully saturated rings. The highest BCUT2D eigenvalue weighted by atomic mass is 35.5. The summed E-state index contributed by atoms with van der Waals surface area (Å²) >= 11 is 6.23. The summed E-state index contributed by atoms with van der Waals surface area (Å²) in [5.41, 5.74) is 5.88. The van der Waals surface area contributed by atoms with Crippen LogP contribution in [-0.2, 0) is 0 Å². The fourth-order valence-electron chi connectivity index (χ4n) is 3.32. The number of aromatic nitrogens is 3. The van der Waals surface area contributed by atoms with Crippen LogP contribution in [0.2, 0.25) is 5.02 Å². The molecule has 2 heterocycles. The van der Waals surface area contributed by atoms with E-state index in [9.17, 15) is 0 Å². The predicted molar refractivity (Wildman–Crippen MR) is 106 cm³/mol. The molecule has 0 bridgehead atoms. The average Bonchev–Trinajstić information content (AvgIpc) is 3.09. The molecule has 0 amide bonds. The zero-order valence-electron chi connectivity index (χ0n) is 13.8. The summed E-state index contributed by atoms with van der Waals surface area (Å²) in [5, 5.41) is 1.62. The van der Waals surface area contributed by atoms with E-state index in [0.29, 0.717) is 5.02 Å². The molecule has 26 heavy (non-hydrogen) atoms. The zero-order chi connectivity index (χ0) is 17.5. The molecule has 0 saturated carbocycles. The minimum atomic E-state index is 0.679. The lowest BCUT2D eigenvalue weighted by molar-refractivity contribution is 1.12. The number of fused-ring (bicyclic) bond motifs is 3. The number of hydrogen-bond donors (Lipinski definition) is 0. The smallest absolute Gasteiger partial charge is 0.148 e. The van der Waals surface area contributed by atoms with Crippen LogP contribution in [0.15, 0.2) is 85.2 Å². The van der Waals surface area contributed by atoms with Gasteiger partial charge in [-0.05, 0) is 18.2 Å². The monoisotopic (exact) mass is 355 g/mol. The Hall–Kier alpha value is -3.17. The third-order valence-electron chi connectivity index (χ3n) is 4.52. The van der Waals surface area contributed by atoms with Crippen LogP contribution >= 0.6 is 11.6 Å². The average molecular weight is 356 g/mol. The van der Waals surface area contributed by atoms with E-state index >= 15 is 0 Å². The molecule has 0 atom stereocenters. The lowest BCUT2D eigenvalue weighted by Gasteiger charge is -2.06. The fourth-order valence-corrected chi connectivity index (χ4v) is 3.50. The van der Waals surface area contributed by atoms with E-state index in [-0.39, 0.29) is 0 Å². The molecule has 2 aromatic heterocycles. The van der Waals surface area contributed by atoms with Crippen molar-refractivity contribution in [1.82, 2.24) is 14.4 Å². The summed E-state index contributed by atoms with van der Waals surface area (Å²) in [6, 6.07) is 26.2. The number of nitrogens with zero attached hydrogens (tertiary/aromatic N) is 3. The highest BCUT2D eigenvalue weighted by Gasteiger charge is 2.17. The van der Waals surface area contributed by atoms with E-state index in [1.54, 1.807) is 0 Å². The Kier molecular flexibility index (Phi) is 3.47. The van der Waals surface area contributed by atoms with Crippen LogP contribution in [-0.4, -0.2) is 14.4 Å². The Labute approximate surface area is 155 Å². The van der Waals surface area contributed by atoms with Crippen LogP contribution in [0, 0.1) is 0 Å². The Morgan fingerprint density at radius 1 is 0.769 bits per heavy atom. The van der Waals surface area contributed by atoms with Crippen molar-refractivity contribution >= 4 is 28.2 Å². The second-order valence-corrected chi connectivity index (χ2v) is 6.58. The number of hydrogen-bond acceptors (Lipinski definition) is 2. The van der Waals surface area contributed by atoms with Gasteiger partial charge in [-0.3, -0.25) is 4.40 Å². The molecule has 5 rings (SSSR count). The highest BCUT2D eigenvalue weighted by Crippen LogP contribution is 2.34. The molecule has 0 N–H and O–H groups in total. The summed E-state index contributed by atoms with van der Waals surface area (Å²) in [4.78, 5) is 9.60. The van der Waals surface area contributed by atoms with Crippen molar-refractivity contribution < 1.29 is 0 Å². The number of benzene rings is 3. The minimum absolute atomic E-state index is 0.679. The SMILES string of the molecule is Clc1ccc2ncn3c(-c4ccccc4)c(-c4ccccc4)nc3c2c1. The molecule has 0 aliphatic carbocycles. The molecule has 3 nitrogen and oxygen atoms in total. The summed E-state index contributed by atoms with van der Waals surface area (Å²) in [6.45, 7) is 0. The normalized spacial score (nSPS) is 11.3. The van der Waals surface area contributed by atoms with Gasteiger partial charge in [-0.1, -0.05) is 72.3 Å². The second-order valence-electron chi connectivity index (χ2n) is 6.14. The van der Waals surface area contributed by atoms with E-state index in [2.05, 4.69) is 33.7 Å². The fraction of sp³-hybridized carbons (Fsp3) is 0. The van der Waals surface area contributed by atoms with Crippen molar-refractivity contribution in [3.8, 4) is 22.5 Å². The molecule has 3 aromatic carbocycles. The zero-order valence-corrected chi connectivity index (χ0v) is 14.6. The van der Waals surface area contributed by atoms with Crippen LogP contribution in [0.4, 0.5) is 0 Å². The third kappa shape index (κ3) is 2.37. The molecule has 0 saturated heterocycles. The Morgan fingerprint density at radius 3 is 2.19 bits per heavy atom. The third-order valence-corrected chi connectivity index (χ3v) is 4.75. The lowest BCUT2D eigenvalue weighted by atomic mass is 10.1. The summed E-state index contributed by atoms with van der Waals surface area (Å²) < 4.78 is 2.05. The van der Waals surface area contributed by atoms with E-state index in [1.807, 2.05) is 60.9 Å². The van der Waals surface area contributed by atoms with Gasteiger partial charge in [0.05, 0.1) is 16.9 Å². The van der Waals surface area contributed by atoms with Gasteiger partial charge in [-0.25, -0.2) is 9.97 Å². The Balaban J connectivity index is 1.93. The molecule has 0 unspecified atom stereocenters. The van der Waals surface area contributed by atoms with Gasteiger partial charge in [0.1, 0.15) is 12.0 Å². The van der Waals surface area contributed by atoms with Gasteiger partial charge >= 0.3 is 0 Å². The van der Waals surface area contributed by atoms with Crippen LogP contribution in [0.5, 0.6) is 0 Å². The maximum absolute atomic E-state index is 6.23. The first-order valence-corrected chi connectivity index (χ1v) is 8.76. The Bertz CT molecular complexity index is 1230. The molecule has 4 heteroatoms. The summed E-state index contributed by atoms with van der Waals surface area (Å²) in [6.07, 6.45) is 1.84. The van der Waals surface area contributed by atoms with Crippen molar-refractivity contribution in [2.45, 2.75) is 0 Å². The largest absolute Gasteiger partial charge is 0.282 e. The van der Waals surface area contributed by atoms with Gasteiger partial charge < -0.3 is 0 Å². The maximum atomic E-state index is 6.23. The number of rotatable bonds is 2. The molecular weight excluding hydrogens is 342 g/mol. The van der Waals surface area contributed by atoms with Gasteiger partial charge in [-0.15, -0.1) is 0 Å². The van der Waals surface area contributed by atoms with Gasteiger partial charge in [-0.2, -0.15) is 0 Å². The molecule has 5 aromatic rings. The van der Waals surface area contributed by atoms with Crippen molar-refractivity contribution in [2.75, 3.05) is 0 Å². The van der Waals surface area contributed by atoms with Crippen molar-refractivity contribution in [1.29, 1.82) is 0 Å². The molecule has 0 spiro atoms. The molecule has 0 aliphatic heterocycles. The number of imidazole rings is 1. The first kappa shape index (κ1) is 15.1. The first-order chi connectivity index (χ1) is 12.8. The highest BCUT2D eigenvalue weighted by molar-refractivity contribution is 6.31. The van der Waals surface area contributed by atoms with E-state index in [4.69, 9.17) is 16.6 Å². The van der Waals surface area contributed by atoms with Crippen LogP contribution in [0.3, 0.4) is 0 Å². The number of halogens is 1. The van der Waals surface area contributed by atoms with Crippen molar-refractivity contribution in [2.24, 2.45) is 0 Å². The topological polar surface area (TPSA) is 30.2 Å². The molecule has 0 aliphatic rings. The molecular formula is C22H14ClN3. The van der Waals surface area contributed by atoms with E-state index < -0.39 is 0 Å². The maximum Gasteiger partial charge on any atom is 0.148 e. The van der Waals surface area contributed by atoms with Gasteiger partial charge in [0.25, 0.3) is 0 Å². The van der Waals surface area contributed by atoms with Gasteiger partial charge in [0.15, 0.2) is 0 Å². The van der Waals surface area contributed by atoms with Crippen LogP contribution in [0.25, 0.3) is 39.1 Å². The van der Waals surface area contributed by atoms with Crippen LogP contribution < -0.4 is 0 Å². The van der Waals surface area contributed by atoms with Crippen LogP contribution in [0.1, 0.15) is 0 Å².